The highest BCUT2D eigenvalue weighted by Gasteiger charge is 2.00. The molecule has 0 amide bonds. The van der Waals surface area contributed by atoms with Crippen LogP contribution in [0.5, 0.6) is 0 Å². The molecule has 0 aliphatic carbocycles. The first-order valence-electron chi connectivity index (χ1n) is 5.65. The van der Waals surface area contributed by atoms with Crippen molar-refractivity contribution in [2.45, 2.75) is 38.6 Å². The maximum atomic E-state index is 8.59. The van der Waals surface area contributed by atoms with Crippen molar-refractivity contribution in [1.82, 2.24) is 10.2 Å². The molecule has 2 N–H and O–H groups in total. The summed E-state index contributed by atoms with van der Waals surface area (Å²) < 4.78 is 0. The molecule has 1 unspecified atom stereocenters. The lowest BCUT2D eigenvalue weighted by molar-refractivity contribution is 0.282. The van der Waals surface area contributed by atoms with Crippen LogP contribution in [0.2, 0.25) is 0 Å². The van der Waals surface area contributed by atoms with Gasteiger partial charge in [-0.25, -0.2) is 0 Å². The maximum Gasteiger partial charge on any atom is 0.0431 e. The SMILES string of the molecule is CC(CCN(C)C)NCCCCCO. The monoisotopic (exact) mass is 202 g/mol. The normalized spacial score (nSPS) is 13.5. The van der Waals surface area contributed by atoms with Crippen molar-refractivity contribution in [2.75, 3.05) is 33.8 Å². The quantitative estimate of drug-likeness (QED) is 0.549. The Labute approximate surface area is 88.5 Å². The zero-order chi connectivity index (χ0) is 10.8. The van der Waals surface area contributed by atoms with Crippen LogP contribution in [0.4, 0.5) is 0 Å². The third-order valence-corrected chi connectivity index (χ3v) is 2.34. The smallest absolute Gasteiger partial charge is 0.0431 e. The fraction of sp³-hybridized carbons (Fsp3) is 1.00. The van der Waals surface area contributed by atoms with Crippen molar-refractivity contribution in [1.29, 1.82) is 0 Å². The highest BCUT2D eigenvalue weighted by molar-refractivity contribution is 4.62. The number of aliphatic hydroxyl groups is 1. The second-order valence-electron chi connectivity index (χ2n) is 4.23. The van der Waals surface area contributed by atoms with Crippen molar-refractivity contribution in [2.24, 2.45) is 0 Å². The van der Waals surface area contributed by atoms with Gasteiger partial charge in [0.2, 0.25) is 0 Å². The van der Waals surface area contributed by atoms with Gasteiger partial charge in [0.25, 0.3) is 0 Å². The molecule has 0 bridgehead atoms. The molecule has 3 heteroatoms. The Morgan fingerprint density at radius 3 is 2.50 bits per heavy atom. The largest absolute Gasteiger partial charge is 0.396 e. The predicted molar refractivity (Wildman–Crippen MR) is 61.6 cm³/mol. The Bertz CT molecular complexity index is 118. The average Bonchev–Trinajstić information content (AvgIpc) is 2.14. The highest BCUT2D eigenvalue weighted by Crippen LogP contribution is 1.95. The summed E-state index contributed by atoms with van der Waals surface area (Å²) in [6.45, 7) is 4.78. The number of hydrogen-bond acceptors (Lipinski definition) is 3. The Morgan fingerprint density at radius 2 is 1.93 bits per heavy atom. The molecule has 0 fully saturated rings. The molecule has 1 atom stereocenters. The Hall–Kier alpha value is -0.120. The van der Waals surface area contributed by atoms with Crippen LogP contribution in [0.25, 0.3) is 0 Å². The van der Waals surface area contributed by atoms with Gasteiger partial charge in [0.15, 0.2) is 0 Å². The molecule has 0 aromatic heterocycles. The zero-order valence-corrected chi connectivity index (χ0v) is 9.92. The number of nitrogens with zero attached hydrogens (tertiary/aromatic N) is 1. The number of hydrogen-bond donors (Lipinski definition) is 2. The van der Waals surface area contributed by atoms with E-state index in [4.69, 9.17) is 5.11 Å². The van der Waals surface area contributed by atoms with Gasteiger partial charge in [0, 0.05) is 12.6 Å². The van der Waals surface area contributed by atoms with Gasteiger partial charge in [-0.15, -0.1) is 0 Å². The van der Waals surface area contributed by atoms with Crippen LogP contribution in [-0.2, 0) is 0 Å². The maximum absolute atomic E-state index is 8.59. The van der Waals surface area contributed by atoms with Gasteiger partial charge in [-0.05, 0) is 59.8 Å². The molecule has 0 saturated heterocycles. The number of unbranched alkanes of at least 4 members (excludes halogenated alkanes) is 2. The van der Waals surface area contributed by atoms with Gasteiger partial charge >= 0.3 is 0 Å². The van der Waals surface area contributed by atoms with Gasteiger partial charge in [0.1, 0.15) is 0 Å². The van der Waals surface area contributed by atoms with E-state index >= 15 is 0 Å². The van der Waals surface area contributed by atoms with Crippen molar-refractivity contribution < 1.29 is 5.11 Å². The molecular weight excluding hydrogens is 176 g/mol. The fourth-order valence-corrected chi connectivity index (χ4v) is 1.32. The second-order valence-corrected chi connectivity index (χ2v) is 4.23. The minimum Gasteiger partial charge on any atom is -0.396 e. The molecule has 14 heavy (non-hydrogen) atoms. The van der Waals surface area contributed by atoms with Gasteiger partial charge in [0.05, 0.1) is 0 Å². The molecule has 0 saturated carbocycles. The first kappa shape index (κ1) is 13.9. The summed E-state index contributed by atoms with van der Waals surface area (Å²) in [6, 6.07) is 0.603. The molecule has 0 aromatic rings. The van der Waals surface area contributed by atoms with Crippen LogP contribution in [0, 0.1) is 0 Å². The van der Waals surface area contributed by atoms with E-state index in [1.807, 2.05) is 0 Å². The van der Waals surface area contributed by atoms with E-state index < -0.39 is 0 Å². The molecule has 3 nitrogen and oxygen atoms in total. The highest BCUT2D eigenvalue weighted by atomic mass is 16.2. The summed E-state index contributed by atoms with van der Waals surface area (Å²) >= 11 is 0. The molecule has 0 aromatic carbocycles. The van der Waals surface area contributed by atoms with E-state index in [0.29, 0.717) is 12.6 Å². The first-order chi connectivity index (χ1) is 6.66. The third kappa shape index (κ3) is 9.96. The average molecular weight is 202 g/mol. The van der Waals surface area contributed by atoms with Crippen LogP contribution >= 0.6 is 0 Å². The lowest BCUT2D eigenvalue weighted by Crippen LogP contribution is -2.30. The summed E-state index contributed by atoms with van der Waals surface area (Å²) in [7, 11) is 4.21. The van der Waals surface area contributed by atoms with Crippen molar-refractivity contribution in [3.63, 3.8) is 0 Å². The second kappa shape index (κ2) is 9.44. The minimum absolute atomic E-state index is 0.330. The first-order valence-corrected chi connectivity index (χ1v) is 5.65. The van der Waals surface area contributed by atoms with Crippen LogP contribution in [0.3, 0.4) is 0 Å². The van der Waals surface area contributed by atoms with Crippen LogP contribution in [0.1, 0.15) is 32.6 Å². The standard InChI is InChI=1S/C11H26N2O/c1-11(7-9-13(2)3)12-8-5-4-6-10-14/h11-12,14H,4-10H2,1-3H3. The fourth-order valence-electron chi connectivity index (χ4n) is 1.32. The molecule has 0 heterocycles. The summed E-state index contributed by atoms with van der Waals surface area (Å²) in [6.07, 6.45) is 4.44. The van der Waals surface area contributed by atoms with Crippen molar-refractivity contribution in [3.8, 4) is 0 Å². The summed E-state index contributed by atoms with van der Waals surface area (Å²) in [4.78, 5) is 2.21. The van der Waals surface area contributed by atoms with E-state index in [0.717, 1.165) is 25.9 Å². The Morgan fingerprint density at radius 1 is 1.21 bits per heavy atom. The van der Waals surface area contributed by atoms with Crippen molar-refractivity contribution in [3.05, 3.63) is 0 Å². The summed E-state index contributed by atoms with van der Waals surface area (Å²) in [5, 5.41) is 12.1. The van der Waals surface area contributed by atoms with Gasteiger partial charge < -0.3 is 15.3 Å². The van der Waals surface area contributed by atoms with E-state index in [9.17, 15) is 0 Å². The lowest BCUT2D eigenvalue weighted by atomic mass is 10.2. The Balaban J connectivity index is 3.14. The molecule has 0 aliphatic heterocycles. The third-order valence-electron chi connectivity index (χ3n) is 2.34. The van der Waals surface area contributed by atoms with Gasteiger partial charge in [-0.1, -0.05) is 0 Å². The van der Waals surface area contributed by atoms with Crippen LogP contribution in [0.15, 0.2) is 0 Å². The molecule has 0 aliphatic rings. The summed E-state index contributed by atoms with van der Waals surface area (Å²) in [5.41, 5.74) is 0. The van der Waals surface area contributed by atoms with Crippen molar-refractivity contribution >= 4 is 0 Å². The molecule has 86 valence electrons. The minimum atomic E-state index is 0.330. The predicted octanol–water partition coefficient (Wildman–Crippen LogP) is 1.08. The van der Waals surface area contributed by atoms with Gasteiger partial charge in [-0.2, -0.15) is 0 Å². The molecule has 0 spiro atoms. The topological polar surface area (TPSA) is 35.5 Å². The van der Waals surface area contributed by atoms with Gasteiger partial charge in [-0.3, -0.25) is 0 Å². The van der Waals surface area contributed by atoms with E-state index in [1.54, 1.807) is 0 Å². The van der Waals surface area contributed by atoms with E-state index in [1.165, 1.54) is 12.8 Å². The molecular formula is C11H26N2O. The molecule has 0 rings (SSSR count). The number of rotatable bonds is 9. The van der Waals surface area contributed by atoms with E-state index in [-0.39, 0.29) is 0 Å². The zero-order valence-electron chi connectivity index (χ0n) is 9.92. The molecule has 0 radical (unpaired) electrons. The number of aliphatic hydroxyl groups excluding tert-OH is 1. The number of nitrogens with one attached hydrogen (secondary N) is 1. The summed E-state index contributed by atoms with van der Waals surface area (Å²) in [5.74, 6) is 0. The Kier molecular flexibility index (Phi) is 9.35. The lowest BCUT2D eigenvalue weighted by Gasteiger charge is -2.16. The van der Waals surface area contributed by atoms with E-state index in [2.05, 4.69) is 31.2 Å². The van der Waals surface area contributed by atoms with Crippen LogP contribution in [-0.4, -0.2) is 49.8 Å². The van der Waals surface area contributed by atoms with Crippen LogP contribution < -0.4 is 5.32 Å².